The number of aliphatic carboxylic acids is 1. The number of hydrogen-bond donors (Lipinski definition) is 2. The molecule has 1 unspecified atom stereocenters. The fourth-order valence-corrected chi connectivity index (χ4v) is 1.81. The predicted octanol–water partition coefficient (Wildman–Crippen LogP) is 2.64. The fraction of sp³-hybridized carbons (Fsp3) is 0.467. The van der Waals surface area contributed by atoms with Crippen molar-refractivity contribution in [1.82, 2.24) is 5.32 Å². The maximum atomic E-state index is 12.1. The summed E-state index contributed by atoms with van der Waals surface area (Å²) in [6, 6.07) is 3.73. The molecule has 0 bridgehead atoms. The second-order valence-corrected chi connectivity index (χ2v) is 5.19. The van der Waals surface area contributed by atoms with Gasteiger partial charge in [-0.15, -0.1) is 13.2 Å². The van der Waals surface area contributed by atoms with Gasteiger partial charge in [0.1, 0.15) is 12.4 Å². The Morgan fingerprint density at radius 2 is 1.79 bits per heavy atom. The zero-order chi connectivity index (χ0) is 18.3. The normalized spacial score (nSPS) is 12.8. The first-order valence-electron chi connectivity index (χ1n) is 7.05. The van der Waals surface area contributed by atoms with Crippen LogP contribution in [0.15, 0.2) is 24.3 Å². The molecule has 0 saturated heterocycles. The zero-order valence-electron chi connectivity index (χ0n) is 13.1. The summed E-state index contributed by atoms with van der Waals surface area (Å²) in [6.07, 6.45) is -5.41. The number of carboxylic acid groups (broad SMARTS) is 1. The Kier molecular flexibility index (Phi) is 7.02. The molecule has 0 aliphatic rings. The van der Waals surface area contributed by atoms with E-state index in [0.29, 0.717) is 5.56 Å². The largest absolute Gasteiger partial charge is 0.573 e. The van der Waals surface area contributed by atoms with Crippen molar-refractivity contribution in [3.05, 3.63) is 29.8 Å². The predicted molar refractivity (Wildman–Crippen MR) is 77.3 cm³/mol. The van der Waals surface area contributed by atoms with Gasteiger partial charge < -0.3 is 19.9 Å². The van der Waals surface area contributed by atoms with E-state index < -0.39 is 36.5 Å². The van der Waals surface area contributed by atoms with Gasteiger partial charge in [0.15, 0.2) is 0 Å². The van der Waals surface area contributed by atoms with Gasteiger partial charge in [0.25, 0.3) is 0 Å². The number of halogens is 3. The van der Waals surface area contributed by atoms with E-state index >= 15 is 0 Å². The summed E-state index contributed by atoms with van der Waals surface area (Å²) in [7, 11) is 0. The van der Waals surface area contributed by atoms with Crippen LogP contribution >= 0.6 is 0 Å². The Balaban J connectivity index is 2.80. The first-order chi connectivity index (χ1) is 11.1. The molecule has 2 N–H and O–H groups in total. The maximum absolute atomic E-state index is 12.1. The van der Waals surface area contributed by atoms with Crippen molar-refractivity contribution in [2.45, 2.75) is 38.8 Å². The minimum atomic E-state index is -4.82. The lowest BCUT2D eigenvalue weighted by Gasteiger charge is -2.18. The number of amides is 1. The third-order valence-electron chi connectivity index (χ3n) is 2.78. The number of nitrogens with one attached hydrogen (secondary N) is 1. The van der Waals surface area contributed by atoms with Crippen LogP contribution in [-0.4, -0.2) is 36.1 Å². The Hall–Kier alpha value is -2.29. The molecule has 24 heavy (non-hydrogen) atoms. The average molecular weight is 349 g/mol. The van der Waals surface area contributed by atoms with Gasteiger partial charge in [0.05, 0.1) is 18.6 Å². The molecule has 0 fully saturated rings. The van der Waals surface area contributed by atoms with Crippen molar-refractivity contribution < 1.29 is 37.3 Å². The van der Waals surface area contributed by atoms with Crippen molar-refractivity contribution in [2.75, 3.05) is 6.61 Å². The Bertz CT molecular complexity index is 557. The molecule has 134 valence electrons. The highest BCUT2D eigenvalue weighted by molar-refractivity contribution is 5.78. The highest BCUT2D eigenvalue weighted by atomic mass is 19.4. The van der Waals surface area contributed by atoms with Crippen LogP contribution in [0, 0.1) is 0 Å². The standard InChI is InChI=1S/C15H18F3NO5/c1-9(2)23-8-13(20)19-12(7-14(21)22)10-3-5-11(6-4-10)24-15(16,17)18/h3-6,9,12H,7-8H2,1-2H3,(H,19,20)(H,21,22). The van der Waals surface area contributed by atoms with Crippen LogP contribution in [-0.2, 0) is 14.3 Å². The summed E-state index contributed by atoms with van der Waals surface area (Å²) in [5.74, 6) is -2.12. The molecule has 0 heterocycles. The van der Waals surface area contributed by atoms with Crippen molar-refractivity contribution in [2.24, 2.45) is 0 Å². The van der Waals surface area contributed by atoms with Crippen molar-refractivity contribution in [3.8, 4) is 5.75 Å². The molecule has 1 amide bonds. The van der Waals surface area contributed by atoms with E-state index in [1.807, 2.05) is 0 Å². The summed E-state index contributed by atoms with van der Waals surface area (Å²) in [5, 5.41) is 11.4. The van der Waals surface area contributed by atoms with Crippen LogP contribution in [0.25, 0.3) is 0 Å². The molecule has 6 nitrogen and oxygen atoms in total. The van der Waals surface area contributed by atoms with E-state index in [1.165, 1.54) is 12.1 Å². The minimum Gasteiger partial charge on any atom is -0.481 e. The van der Waals surface area contributed by atoms with Crippen LogP contribution in [0.5, 0.6) is 5.75 Å². The van der Waals surface area contributed by atoms with Crippen molar-refractivity contribution in [1.29, 1.82) is 0 Å². The number of ether oxygens (including phenoxy) is 2. The van der Waals surface area contributed by atoms with E-state index in [9.17, 15) is 22.8 Å². The van der Waals surface area contributed by atoms with Crippen LogP contribution in [0.2, 0.25) is 0 Å². The number of alkyl halides is 3. The number of carboxylic acids is 1. The topological polar surface area (TPSA) is 84.9 Å². The minimum absolute atomic E-state index is 0.174. The van der Waals surface area contributed by atoms with Gasteiger partial charge in [-0.25, -0.2) is 0 Å². The van der Waals surface area contributed by atoms with Gasteiger partial charge in [-0.2, -0.15) is 0 Å². The van der Waals surface area contributed by atoms with Gasteiger partial charge in [-0.05, 0) is 31.5 Å². The van der Waals surface area contributed by atoms with Gasteiger partial charge in [0, 0.05) is 0 Å². The number of benzene rings is 1. The van der Waals surface area contributed by atoms with Gasteiger partial charge in [0.2, 0.25) is 5.91 Å². The van der Waals surface area contributed by atoms with Crippen LogP contribution in [0.1, 0.15) is 31.9 Å². The molecule has 0 aromatic heterocycles. The molecule has 0 aliphatic heterocycles. The lowest BCUT2D eigenvalue weighted by atomic mass is 10.0. The molecule has 0 spiro atoms. The first-order valence-corrected chi connectivity index (χ1v) is 7.05. The van der Waals surface area contributed by atoms with Crippen LogP contribution in [0.3, 0.4) is 0 Å². The van der Waals surface area contributed by atoms with Crippen LogP contribution in [0.4, 0.5) is 13.2 Å². The van der Waals surface area contributed by atoms with Gasteiger partial charge in [-0.3, -0.25) is 9.59 Å². The summed E-state index contributed by atoms with van der Waals surface area (Å²) >= 11 is 0. The van der Waals surface area contributed by atoms with E-state index in [4.69, 9.17) is 9.84 Å². The highest BCUT2D eigenvalue weighted by Gasteiger charge is 2.31. The molecule has 0 saturated carbocycles. The molecule has 1 atom stereocenters. The SMILES string of the molecule is CC(C)OCC(=O)NC(CC(=O)O)c1ccc(OC(F)(F)F)cc1. The molecule has 9 heteroatoms. The fourth-order valence-electron chi connectivity index (χ4n) is 1.81. The summed E-state index contributed by atoms with van der Waals surface area (Å²) in [5.41, 5.74) is 0.338. The molecule has 1 aromatic carbocycles. The number of rotatable bonds is 8. The monoisotopic (exact) mass is 349 g/mol. The molecule has 1 aromatic rings. The number of hydrogen-bond acceptors (Lipinski definition) is 4. The van der Waals surface area contributed by atoms with E-state index in [0.717, 1.165) is 12.1 Å². The quantitative estimate of drug-likeness (QED) is 0.754. The van der Waals surface area contributed by atoms with Gasteiger partial charge in [-0.1, -0.05) is 12.1 Å². The Morgan fingerprint density at radius 1 is 1.21 bits per heavy atom. The molecular weight excluding hydrogens is 331 g/mol. The second kappa shape index (κ2) is 8.53. The van der Waals surface area contributed by atoms with Gasteiger partial charge >= 0.3 is 12.3 Å². The second-order valence-electron chi connectivity index (χ2n) is 5.19. The number of carbonyl (C=O) groups is 2. The average Bonchev–Trinajstić information content (AvgIpc) is 2.43. The first kappa shape index (κ1) is 19.8. The van der Waals surface area contributed by atoms with E-state index in [1.54, 1.807) is 13.8 Å². The van der Waals surface area contributed by atoms with E-state index in [-0.39, 0.29) is 12.7 Å². The third kappa shape index (κ3) is 7.82. The summed E-state index contributed by atoms with van der Waals surface area (Å²) < 4.78 is 45.2. The molecule has 1 rings (SSSR count). The lowest BCUT2D eigenvalue weighted by Crippen LogP contribution is -2.33. The highest BCUT2D eigenvalue weighted by Crippen LogP contribution is 2.25. The Labute approximate surface area is 136 Å². The van der Waals surface area contributed by atoms with E-state index in [2.05, 4.69) is 10.1 Å². The van der Waals surface area contributed by atoms with Crippen LogP contribution < -0.4 is 10.1 Å². The molecular formula is C15H18F3NO5. The molecule has 0 radical (unpaired) electrons. The summed E-state index contributed by atoms with van der Waals surface area (Å²) in [6.45, 7) is 3.23. The number of carbonyl (C=O) groups excluding carboxylic acids is 1. The van der Waals surface area contributed by atoms with Crippen molar-refractivity contribution in [3.63, 3.8) is 0 Å². The molecule has 0 aliphatic carbocycles. The smallest absolute Gasteiger partial charge is 0.481 e. The lowest BCUT2D eigenvalue weighted by molar-refractivity contribution is -0.274. The summed E-state index contributed by atoms with van der Waals surface area (Å²) in [4.78, 5) is 22.7. The zero-order valence-corrected chi connectivity index (χ0v) is 13.1. The maximum Gasteiger partial charge on any atom is 0.573 e. The Morgan fingerprint density at radius 3 is 2.25 bits per heavy atom. The van der Waals surface area contributed by atoms with Crippen molar-refractivity contribution >= 4 is 11.9 Å². The third-order valence-corrected chi connectivity index (χ3v) is 2.78.